The molecule has 1 saturated carbocycles. The Morgan fingerprint density at radius 1 is 1.08 bits per heavy atom. The summed E-state index contributed by atoms with van der Waals surface area (Å²) < 4.78 is 18.6. The smallest absolute Gasteiger partial charge is 0.408 e. The summed E-state index contributed by atoms with van der Waals surface area (Å²) in [7, 11) is 3.23. The van der Waals surface area contributed by atoms with Crippen molar-refractivity contribution in [1.29, 1.82) is 0 Å². The average molecular weight is 529 g/mol. The largest absolute Gasteiger partial charge is 0.496 e. The topological polar surface area (TPSA) is 104 Å². The molecule has 0 aliphatic heterocycles. The zero-order valence-corrected chi connectivity index (χ0v) is 23.9. The number of hydrogen-bond acceptors (Lipinski definition) is 6. The molecule has 3 rings (SSSR count). The van der Waals surface area contributed by atoms with Gasteiger partial charge in [0.1, 0.15) is 23.1 Å². The van der Waals surface area contributed by atoms with E-state index >= 15 is 0 Å². The number of alkyl carbamates (subject to hydrolysis) is 1. The van der Waals surface area contributed by atoms with Crippen LogP contribution in [-0.2, 0) is 16.1 Å². The monoisotopic (exact) mass is 528 g/mol. The molecular formula is C29H44N4O5. The second-order valence-corrected chi connectivity index (χ2v) is 11.5. The van der Waals surface area contributed by atoms with E-state index in [1.54, 1.807) is 35.0 Å². The fraction of sp³-hybridized carbons (Fsp3) is 0.621. The number of carbonyl (C=O) groups is 2. The number of carbonyl (C=O) groups excluding carboxylic acids is 2. The van der Waals surface area contributed by atoms with E-state index in [1.807, 2.05) is 28.9 Å². The number of anilines is 1. The van der Waals surface area contributed by atoms with Crippen molar-refractivity contribution in [3.63, 3.8) is 0 Å². The zero-order chi connectivity index (χ0) is 27.9. The summed E-state index contributed by atoms with van der Waals surface area (Å²) in [6, 6.07) is 6.70. The predicted molar refractivity (Wildman–Crippen MR) is 149 cm³/mol. The minimum absolute atomic E-state index is 0.311. The molecule has 1 aromatic heterocycles. The SMILES string of the molecule is COc1cccc(OC)c1-c1cc(NC(=O)[C@H](CC2CCCCC2)NC(=O)OC(C)(C)C)nn1CC(C)C. The fourth-order valence-electron chi connectivity index (χ4n) is 4.92. The van der Waals surface area contributed by atoms with Gasteiger partial charge in [-0.05, 0) is 51.2 Å². The van der Waals surface area contributed by atoms with Crippen molar-refractivity contribution in [2.75, 3.05) is 19.5 Å². The van der Waals surface area contributed by atoms with Gasteiger partial charge in [-0.25, -0.2) is 4.79 Å². The highest BCUT2D eigenvalue weighted by molar-refractivity contribution is 5.96. The van der Waals surface area contributed by atoms with Crippen LogP contribution in [-0.4, -0.2) is 47.6 Å². The van der Waals surface area contributed by atoms with Crippen molar-refractivity contribution < 1.29 is 23.8 Å². The summed E-state index contributed by atoms with van der Waals surface area (Å²) in [5, 5.41) is 10.5. The van der Waals surface area contributed by atoms with Crippen LogP contribution in [0.4, 0.5) is 10.6 Å². The van der Waals surface area contributed by atoms with E-state index in [-0.39, 0.29) is 5.91 Å². The molecule has 0 spiro atoms. The van der Waals surface area contributed by atoms with E-state index in [1.165, 1.54) is 6.42 Å². The van der Waals surface area contributed by atoms with E-state index < -0.39 is 17.7 Å². The van der Waals surface area contributed by atoms with Crippen LogP contribution in [0, 0.1) is 11.8 Å². The van der Waals surface area contributed by atoms with Crippen molar-refractivity contribution >= 4 is 17.8 Å². The fourth-order valence-corrected chi connectivity index (χ4v) is 4.92. The van der Waals surface area contributed by atoms with E-state index in [9.17, 15) is 9.59 Å². The van der Waals surface area contributed by atoms with Gasteiger partial charge in [0.2, 0.25) is 5.91 Å². The molecule has 38 heavy (non-hydrogen) atoms. The molecule has 1 aliphatic carbocycles. The number of benzene rings is 1. The second-order valence-electron chi connectivity index (χ2n) is 11.5. The maximum Gasteiger partial charge on any atom is 0.408 e. The summed E-state index contributed by atoms with van der Waals surface area (Å²) in [4.78, 5) is 26.1. The number of hydrogen-bond donors (Lipinski definition) is 2. The van der Waals surface area contributed by atoms with Gasteiger partial charge in [-0.15, -0.1) is 0 Å². The van der Waals surface area contributed by atoms with Crippen LogP contribution >= 0.6 is 0 Å². The molecule has 0 unspecified atom stereocenters. The first kappa shape index (κ1) is 29.3. The lowest BCUT2D eigenvalue weighted by Gasteiger charge is -2.27. The van der Waals surface area contributed by atoms with Gasteiger partial charge in [-0.1, -0.05) is 52.0 Å². The summed E-state index contributed by atoms with van der Waals surface area (Å²) in [6.45, 7) is 10.3. The van der Waals surface area contributed by atoms with Crippen LogP contribution in [0.1, 0.15) is 73.1 Å². The Bertz CT molecular complexity index is 1060. The van der Waals surface area contributed by atoms with Crippen LogP contribution in [0.15, 0.2) is 24.3 Å². The Kier molecular flexibility index (Phi) is 10.1. The standard InChI is InChI=1S/C29H44N4O5/c1-19(2)18-33-22(26-23(36-6)14-11-15-24(26)37-7)17-25(32-33)31-27(34)21(16-20-12-9-8-10-13-20)30-28(35)38-29(3,4)5/h11,14-15,17,19-21H,8-10,12-13,16,18H2,1-7H3,(H,30,35)(H,31,32,34)/t21-/m0/s1. The highest BCUT2D eigenvalue weighted by atomic mass is 16.6. The lowest BCUT2D eigenvalue weighted by molar-refractivity contribution is -0.118. The van der Waals surface area contributed by atoms with Gasteiger partial charge in [0.15, 0.2) is 5.82 Å². The minimum Gasteiger partial charge on any atom is -0.496 e. The molecule has 9 heteroatoms. The average Bonchev–Trinajstić information content (AvgIpc) is 3.23. The van der Waals surface area contributed by atoms with Crippen molar-refractivity contribution in [1.82, 2.24) is 15.1 Å². The molecule has 2 amide bonds. The number of amides is 2. The molecule has 1 atom stereocenters. The molecule has 0 saturated heterocycles. The van der Waals surface area contributed by atoms with E-state index in [2.05, 4.69) is 24.5 Å². The predicted octanol–water partition coefficient (Wildman–Crippen LogP) is 6.03. The molecule has 0 bridgehead atoms. The summed E-state index contributed by atoms with van der Waals surface area (Å²) in [5.41, 5.74) is 0.873. The first-order valence-corrected chi connectivity index (χ1v) is 13.6. The van der Waals surface area contributed by atoms with Gasteiger partial charge in [0.05, 0.1) is 25.5 Å². The van der Waals surface area contributed by atoms with Gasteiger partial charge < -0.3 is 24.8 Å². The summed E-state index contributed by atoms with van der Waals surface area (Å²) >= 11 is 0. The molecule has 1 heterocycles. The zero-order valence-electron chi connectivity index (χ0n) is 23.9. The highest BCUT2D eigenvalue weighted by Gasteiger charge is 2.29. The third-order valence-corrected chi connectivity index (χ3v) is 6.55. The molecule has 9 nitrogen and oxygen atoms in total. The van der Waals surface area contributed by atoms with Crippen molar-refractivity contribution in [3.8, 4) is 22.8 Å². The maximum atomic E-state index is 13.5. The Labute approximate surface area is 226 Å². The normalized spacial score (nSPS) is 15.2. The van der Waals surface area contributed by atoms with Crippen LogP contribution in [0.2, 0.25) is 0 Å². The first-order chi connectivity index (χ1) is 18.0. The number of rotatable bonds is 10. The van der Waals surface area contributed by atoms with Gasteiger partial charge in [0.25, 0.3) is 0 Å². The van der Waals surface area contributed by atoms with Gasteiger partial charge in [-0.2, -0.15) is 5.10 Å². The van der Waals surface area contributed by atoms with Gasteiger partial charge in [-0.3, -0.25) is 9.48 Å². The van der Waals surface area contributed by atoms with Crippen molar-refractivity contribution in [2.45, 2.75) is 91.3 Å². The lowest BCUT2D eigenvalue weighted by atomic mass is 9.84. The Morgan fingerprint density at radius 2 is 1.71 bits per heavy atom. The second kappa shape index (κ2) is 13.0. The lowest BCUT2D eigenvalue weighted by Crippen LogP contribution is -2.47. The van der Waals surface area contributed by atoms with Crippen LogP contribution in [0.3, 0.4) is 0 Å². The Morgan fingerprint density at radius 3 is 2.26 bits per heavy atom. The van der Waals surface area contributed by atoms with E-state index in [0.29, 0.717) is 42.1 Å². The van der Waals surface area contributed by atoms with Gasteiger partial charge >= 0.3 is 6.09 Å². The quantitative estimate of drug-likeness (QED) is 0.390. The number of nitrogens with zero attached hydrogens (tertiary/aromatic N) is 2. The summed E-state index contributed by atoms with van der Waals surface area (Å²) in [5.74, 6) is 2.07. The number of aromatic nitrogens is 2. The number of methoxy groups -OCH3 is 2. The molecule has 1 aliphatic rings. The van der Waals surface area contributed by atoms with Crippen LogP contribution in [0.25, 0.3) is 11.3 Å². The van der Waals surface area contributed by atoms with Crippen molar-refractivity contribution in [2.24, 2.45) is 11.8 Å². The minimum atomic E-state index is -0.729. The molecular weight excluding hydrogens is 484 g/mol. The number of nitrogens with one attached hydrogen (secondary N) is 2. The van der Waals surface area contributed by atoms with E-state index in [4.69, 9.17) is 19.3 Å². The van der Waals surface area contributed by atoms with Crippen LogP contribution in [0.5, 0.6) is 11.5 Å². The van der Waals surface area contributed by atoms with Gasteiger partial charge in [0, 0.05) is 12.6 Å². The third kappa shape index (κ3) is 8.13. The molecule has 1 fully saturated rings. The highest BCUT2D eigenvalue weighted by Crippen LogP contribution is 2.39. The molecule has 2 N–H and O–H groups in total. The molecule has 0 radical (unpaired) electrons. The van der Waals surface area contributed by atoms with Crippen molar-refractivity contribution in [3.05, 3.63) is 24.3 Å². The number of ether oxygens (including phenoxy) is 3. The third-order valence-electron chi connectivity index (χ3n) is 6.55. The summed E-state index contributed by atoms with van der Waals surface area (Å²) in [6.07, 6.45) is 5.59. The first-order valence-electron chi connectivity index (χ1n) is 13.6. The maximum absolute atomic E-state index is 13.5. The molecule has 2 aromatic rings. The van der Waals surface area contributed by atoms with Crippen LogP contribution < -0.4 is 20.1 Å². The Balaban J connectivity index is 1.90. The molecule has 1 aromatic carbocycles. The Hall–Kier alpha value is -3.23. The molecule has 210 valence electrons. The van der Waals surface area contributed by atoms with E-state index in [0.717, 1.165) is 36.9 Å².